The molecule has 1 aliphatic carbocycles. The molecule has 2 aromatic rings. The summed E-state index contributed by atoms with van der Waals surface area (Å²) in [4.78, 5) is 28.0. The maximum atomic E-state index is 13.1. The predicted octanol–water partition coefficient (Wildman–Crippen LogP) is 5.26. The lowest BCUT2D eigenvalue weighted by atomic mass is 9.90. The van der Waals surface area contributed by atoms with Gasteiger partial charge >= 0.3 is 12.4 Å². The lowest BCUT2D eigenvalue weighted by molar-refractivity contribution is -0.150. The van der Waals surface area contributed by atoms with Crippen LogP contribution >= 0.6 is 0 Å². The minimum atomic E-state index is -5.02. The highest BCUT2D eigenvalue weighted by molar-refractivity contribution is 5.96. The van der Waals surface area contributed by atoms with Crippen molar-refractivity contribution in [2.24, 2.45) is 0 Å². The summed E-state index contributed by atoms with van der Waals surface area (Å²) in [5, 5.41) is 5.49. The van der Waals surface area contributed by atoms with Crippen LogP contribution in [0.25, 0.3) is 0 Å². The van der Waals surface area contributed by atoms with Gasteiger partial charge in [-0.05, 0) is 56.0 Å². The highest BCUT2D eigenvalue weighted by Gasteiger charge is 2.39. The molecule has 1 aliphatic rings. The van der Waals surface area contributed by atoms with Crippen molar-refractivity contribution in [2.75, 3.05) is 17.3 Å². The minimum absolute atomic E-state index is 0.203. The van der Waals surface area contributed by atoms with Crippen molar-refractivity contribution in [2.45, 2.75) is 57.0 Å². The molecule has 0 spiro atoms. The maximum absolute atomic E-state index is 13.1. The highest BCUT2D eigenvalue weighted by atomic mass is 19.4. The summed E-state index contributed by atoms with van der Waals surface area (Å²) in [6.45, 7) is 1.35. The molecule has 190 valence electrons. The zero-order valence-corrected chi connectivity index (χ0v) is 18.9. The first kappa shape index (κ1) is 26.3. The molecule has 35 heavy (non-hydrogen) atoms. The van der Waals surface area contributed by atoms with E-state index >= 15 is 0 Å². The van der Waals surface area contributed by atoms with Crippen molar-refractivity contribution >= 4 is 23.2 Å². The first-order chi connectivity index (χ1) is 16.2. The molecule has 0 aliphatic heterocycles. The molecule has 2 amide bonds. The van der Waals surface area contributed by atoms with Crippen molar-refractivity contribution in [3.05, 3.63) is 53.3 Å². The van der Waals surface area contributed by atoms with Gasteiger partial charge in [0, 0.05) is 43.0 Å². The monoisotopic (exact) mass is 502 g/mol. The van der Waals surface area contributed by atoms with Crippen LogP contribution in [0.2, 0.25) is 0 Å². The van der Waals surface area contributed by atoms with Crippen LogP contribution in [-0.2, 0) is 17.1 Å². The van der Waals surface area contributed by atoms with E-state index in [0.717, 1.165) is 0 Å². The number of amides is 2. The second kappa shape index (κ2) is 10.1. The van der Waals surface area contributed by atoms with Gasteiger partial charge in [-0.3, -0.25) is 9.59 Å². The number of aromatic nitrogens is 1. The van der Waals surface area contributed by atoms with Crippen LogP contribution < -0.4 is 15.5 Å². The number of nitrogens with zero attached hydrogens (tertiary/aromatic N) is 2. The quantitative estimate of drug-likeness (QED) is 0.548. The van der Waals surface area contributed by atoms with E-state index in [-0.39, 0.29) is 29.6 Å². The molecule has 3 rings (SSSR count). The second-order valence-electron chi connectivity index (χ2n) is 8.44. The average Bonchev–Trinajstić information content (AvgIpc) is 2.77. The van der Waals surface area contributed by atoms with Crippen LogP contribution in [0.1, 0.15) is 54.4 Å². The molecular weight excluding hydrogens is 478 g/mol. The molecule has 1 aromatic carbocycles. The van der Waals surface area contributed by atoms with Gasteiger partial charge in [0.1, 0.15) is 11.4 Å². The van der Waals surface area contributed by atoms with Gasteiger partial charge in [-0.2, -0.15) is 26.3 Å². The molecule has 2 N–H and O–H groups in total. The fraction of sp³-hybridized carbons (Fsp3) is 0.435. The molecule has 1 fully saturated rings. The van der Waals surface area contributed by atoms with Gasteiger partial charge < -0.3 is 15.5 Å². The van der Waals surface area contributed by atoms with Crippen LogP contribution in [-0.4, -0.2) is 35.9 Å². The van der Waals surface area contributed by atoms with Crippen LogP contribution in [0, 0.1) is 0 Å². The van der Waals surface area contributed by atoms with E-state index in [2.05, 4.69) is 15.6 Å². The van der Waals surface area contributed by atoms with Crippen LogP contribution in [0.4, 0.5) is 37.7 Å². The summed E-state index contributed by atoms with van der Waals surface area (Å²) in [7, 11) is 1.45. The van der Waals surface area contributed by atoms with Crippen molar-refractivity contribution in [3.8, 4) is 0 Å². The smallest absolute Gasteiger partial charge is 0.371 e. The molecule has 12 heteroatoms. The van der Waals surface area contributed by atoms with E-state index in [0.29, 0.717) is 49.1 Å². The minimum Gasteiger partial charge on any atom is -0.371 e. The molecule has 0 bridgehead atoms. The first-order valence-electron chi connectivity index (χ1n) is 10.8. The number of carbonyl (C=O) groups is 2. The highest BCUT2D eigenvalue weighted by Crippen LogP contribution is 2.37. The molecule has 0 unspecified atom stereocenters. The predicted molar refractivity (Wildman–Crippen MR) is 117 cm³/mol. The van der Waals surface area contributed by atoms with E-state index in [4.69, 9.17) is 0 Å². The van der Waals surface area contributed by atoms with Crippen molar-refractivity contribution in [1.82, 2.24) is 10.3 Å². The van der Waals surface area contributed by atoms with Gasteiger partial charge in [0.05, 0.1) is 0 Å². The zero-order valence-electron chi connectivity index (χ0n) is 18.9. The molecule has 0 radical (unpaired) electrons. The second-order valence-corrected chi connectivity index (χ2v) is 8.44. The van der Waals surface area contributed by atoms with Crippen LogP contribution in [0.3, 0.4) is 0 Å². The van der Waals surface area contributed by atoms with Crippen molar-refractivity contribution in [3.63, 3.8) is 0 Å². The van der Waals surface area contributed by atoms with Gasteiger partial charge in [-0.1, -0.05) is 6.07 Å². The standard InChI is InChI=1S/C23H24F6N4O2/c1-13(34)30-16-5-3-4-14(10-16)21(35)31-15-6-8-17(9-7-15)33(2)18-11-19(22(24,25)26)32-20(12-18)23(27,28)29/h3-5,10-12,15,17H,6-9H2,1-2H3,(H,30,34)(H,31,35). The number of rotatable bonds is 5. The number of benzene rings is 1. The number of alkyl halides is 6. The van der Waals surface area contributed by atoms with E-state index in [1.165, 1.54) is 24.9 Å². The third-order valence-corrected chi connectivity index (χ3v) is 5.82. The number of nitrogens with one attached hydrogen (secondary N) is 2. The van der Waals surface area contributed by atoms with E-state index in [9.17, 15) is 35.9 Å². The molecule has 0 atom stereocenters. The Morgan fingerprint density at radius 2 is 1.51 bits per heavy atom. The normalized spacial score (nSPS) is 18.6. The van der Waals surface area contributed by atoms with Crippen LogP contribution in [0.15, 0.2) is 36.4 Å². The number of pyridine rings is 1. The number of halogens is 6. The molecular formula is C23H24F6N4O2. The lowest BCUT2D eigenvalue weighted by Gasteiger charge is -2.36. The average molecular weight is 502 g/mol. The molecule has 0 saturated heterocycles. The molecule has 6 nitrogen and oxygen atoms in total. The number of hydrogen-bond acceptors (Lipinski definition) is 4. The van der Waals surface area contributed by atoms with Gasteiger partial charge in [0.15, 0.2) is 0 Å². The largest absolute Gasteiger partial charge is 0.433 e. The summed E-state index contributed by atoms with van der Waals surface area (Å²) in [5.41, 5.74) is -2.59. The van der Waals surface area contributed by atoms with Gasteiger partial charge in [0.2, 0.25) is 5.91 Å². The Balaban J connectivity index is 1.66. The van der Waals surface area contributed by atoms with Gasteiger partial charge in [0.25, 0.3) is 5.91 Å². The first-order valence-corrected chi connectivity index (χ1v) is 10.8. The Kier molecular flexibility index (Phi) is 7.61. The van der Waals surface area contributed by atoms with Crippen molar-refractivity contribution < 1.29 is 35.9 Å². The Bertz CT molecular complexity index is 1050. The van der Waals surface area contributed by atoms with E-state index < -0.39 is 23.7 Å². The topological polar surface area (TPSA) is 74.3 Å². The Hall–Kier alpha value is -3.31. The summed E-state index contributed by atoms with van der Waals surface area (Å²) >= 11 is 0. The fourth-order valence-corrected chi connectivity index (χ4v) is 4.04. The summed E-state index contributed by atoms with van der Waals surface area (Å²) in [6.07, 6.45) is -8.13. The maximum Gasteiger partial charge on any atom is 0.433 e. The Labute approximate surface area is 197 Å². The molecule has 1 heterocycles. The van der Waals surface area contributed by atoms with Gasteiger partial charge in [-0.15, -0.1) is 0 Å². The zero-order chi connectivity index (χ0) is 26.0. The summed E-state index contributed by atoms with van der Waals surface area (Å²) < 4.78 is 78.8. The third kappa shape index (κ3) is 6.86. The molecule has 1 saturated carbocycles. The number of anilines is 2. The van der Waals surface area contributed by atoms with Crippen molar-refractivity contribution in [1.29, 1.82) is 0 Å². The molecule has 1 aromatic heterocycles. The summed E-state index contributed by atoms with van der Waals surface area (Å²) in [6, 6.07) is 7.13. The third-order valence-electron chi connectivity index (χ3n) is 5.82. The Morgan fingerprint density at radius 1 is 0.943 bits per heavy atom. The number of carbonyl (C=O) groups excluding carboxylic acids is 2. The van der Waals surface area contributed by atoms with Crippen LogP contribution in [0.5, 0.6) is 0 Å². The van der Waals surface area contributed by atoms with E-state index in [1.54, 1.807) is 18.2 Å². The SMILES string of the molecule is CC(=O)Nc1cccc(C(=O)NC2CCC(N(C)c3cc(C(F)(F)F)nc(C(F)(F)F)c3)CC2)c1. The fourth-order valence-electron chi connectivity index (χ4n) is 4.04. The lowest BCUT2D eigenvalue weighted by Crippen LogP contribution is -2.43. The number of hydrogen-bond donors (Lipinski definition) is 2. The van der Waals surface area contributed by atoms with E-state index in [1.807, 2.05) is 0 Å². The Morgan fingerprint density at radius 3 is 2.03 bits per heavy atom. The van der Waals surface area contributed by atoms with Gasteiger partial charge in [-0.25, -0.2) is 4.98 Å². The summed E-state index contributed by atoms with van der Waals surface area (Å²) in [5.74, 6) is -0.614.